The highest BCUT2D eigenvalue weighted by Gasteiger charge is 2.24. The molecule has 2 atom stereocenters. The number of benzene rings is 1. The number of esters is 1. The number of ether oxygens (including phenoxy) is 1. The van der Waals surface area contributed by atoms with Crippen molar-refractivity contribution in [1.82, 2.24) is 0 Å². The van der Waals surface area contributed by atoms with E-state index in [0.29, 0.717) is 29.1 Å². The summed E-state index contributed by atoms with van der Waals surface area (Å²) in [7, 11) is 0. The van der Waals surface area contributed by atoms with Crippen LogP contribution in [0.25, 0.3) is 0 Å². The molecular formula is C16H24N2O2S. The van der Waals surface area contributed by atoms with E-state index in [1.165, 1.54) is 19.3 Å². The number of hydrogen-bond acceptors (Lipinski definition) is 5. The third kappa shape index (κ3) is 4.06. The molecule has 0 aromatic heterocycles. The zero-order valence-electron chi connectivity index (χ0n) is 12.7. The van der Waals surface area contributed by atoms with Crippen LogP contribution in [0, 0.1) is 0 Å². The molecule has 2 rings (SSSR count). The molecule has 3 N–H and O–H groups in total. The number of nitrogens with two attached hydrogens (primary N) is 1. The van der Waals surface area contributed by atoms with Crippen LogP contribution in [0.2, 0.25) is 0 Å². The Bertz CT molecular complexity index is 493. The second kappa shape index (κ2) is 7.59. The summed E-state index contributed by atoms with van der Waals surface area (Å²) in [5.41, 5.74) is 8.11. The molecule has 1 saturated carbocycles. The Hall–Kier alpha value is -1.36. The summed E-state index contributed by atoms with van der Waals surface area (Å²) in [6.07, 6.45) is 7.07. The minimum Gasteiger partial charge on any atom is -0.462 e. The van der Waals surface area contributed by atoms with Gasteiger partial charge in [0.15, 0.2) is 0 Å². The maximum Gasteiger partial charge on any atom is 0.338 e. The topological polar surface area (TPSA) is 64.3 Å². The fraction of sp³-hybridized carbons (Fsp3) is 0.562. The van der Waals surface area contributed by atoms with Gasteiger partial charge < -0.3 is 15.8 Å². The van der Waals surface area contributed by atoms with Crippen LogP contribution in [0.4, 0.5) is 11.4 Å². The van der Waals surface area contributed by atoms with Gasteiger partial charge in [0.2, 0.25) is 0 Å². The summed E-state index contributed by atoms with van der Waals surface area (Å²) in [4.78, 5) is 11.8. The van der Waals surface area contributed by atoms with Crippen LogP contribution in [0.3, 0.4) is 0 Å². The molecule has 1 fully saturated rings. The van der Waals surface area contributed by atoms with Gasteiger partial charge in [0.25, 0.3) is 0 Å². The highest BCUT2D eigenvalue weighted by atomic mass is 32.2. The Morgan fingerprint density at radius 2 is 2.19 bits per heavy atom. The third-order valence-corrected chi connectivity index (χ3v) is 5.08. The van der Waals surface area contributed by atoms with Crippen LogP contribution in [-0.4, -0.2) is 30.1 Å². The molecule has 2 unspecified atom stereocenters. The first-order chi connectivity index (χ1) is 10.2. The molecule has 0 amide bonds. The first-order valence-electron chi connectivity index (χ1n) is 7.51. The minimum atomic E-state index is -0.300. The van der Waals surface area contributed by atoms with Crippen molar-refractivity contribution in [2.24, 2.45) is 0 Å². The van der Waals surface area contributed by atoms with Crippen LogP contribution in [0.1, 0.15) is 43.0 Å². The summed E-state index contributed by atoms with van der Waals surface area (Å²) < 4.78 is 5.04. The number of nitrogens with one attached hydrogen (secondary N) is 1. The Morgan fingerprint density at radius 3 is 2.90 bits per heavy atom. The lowest BCUT2D eigenvalue weighted by Gasteiger charge is -2.32. The fourth-order valence-corrected chi connectivity index (χ4v) is 3.70. The average Bonchev–Trinajstić information content (AvgIpc) is 2.50. The van der Waals surface area contributed by atoms with Gasteiger partial charge in [0, 0.05) is 11.3 Å². The van der Waals surface area contributed by atoms with Gasteiger partial charge in [-0.2, -0.15) is 11.8 Å². The molecular weight excluding hydrogens is 284 g/mol. The summed E-state index contributed by atoms with van der Waals surface area (Å²) in [5.74, 6) is -0.300. The number of carbonyl (C=O) groups excluding carboxylic acids is 1. The van der Waals surface area contributed by atoms with Crippen molar-refractivity contribution in [1.29, 1.82) is 0 Å². The Labute approximate surface area is 130 Å². The second-order valence-electron chi connectivity index (χ2n) is 5.33. The lowest BCUT2D eigenvalue weighted by atomic mass is 9.94. The lowest BCUT2D eigenvalue weighted by molar-refractivity contribution is 0.0526. The SMILES string of the molecule is CCOC(=O)c1ccc(N)c(NC2CCCCC2SC)c1. The normalized spacial score (nSPS) is 21.8. The number of rotatable bonds is 5. The van der Waals surface area contributed by atoms with Gasteiger partial charge in [0.05, 0.1) is 23.5 Å². The van der Waals surface area contributed by atoms with Crippen molar-refractivity contribution in [3.05, 3.63) is 23.8 Å². The zero-order chi connectivity index (χ0) is 15.2. The molecule has 21 heavy (non-hydrogen) atoms. The van der Waals surface area contributed by atoms with Crippen molar-refractivity contribution < 1.29 is 9.53 Å². The number of hydrogen-bond donors (Lipinski definition) is 2. The second-order valence-corrected chi connectivity index (χ2v) is 6.41. The van der Waals surface area contributed by atoms with E-state index in [4.69, 9.17) is 10.5 Å². The molecule has 1 aliphatic carbocycles. The molecule has 0 heterocycles. The monoisotopic (exact) mass is 308 g/mol. The van der Waals surface area contributed by atoms with E-state index in [-0.39, 0.29) is 5.97 Å². The summed E-state index contributed by atoms with van der Waals surface area (Å²) >= 11 is 1.90. The van der Waals surface area contributed by atoms with Gasteiger partial charge in [0.1, 0.15) is 0 Å². The molecule has 1 aromatic carbocycles. The summed E-state index contributed by atoms with van der Waals surface area (Å²) in [6, 6.07) is 5.70. The maximum absolute atomic E-state index is 11.8. The van der Waals surface area contributed by atoms with Gasteiger partial charge >= 0.3 is 5.97 Å². The van der Waals surface area contributed by atoms with E-state index >= 15 is 0 Å². The maximum atomic E-state index is 11.8. The fourth-order valence-electron chi connectivity index (χ4n) is 2.77. The van der Waals surface area contributed by atoms with Crippen LogP contribution in [-0.2, 0) is 4.74 Å². The van der Waals surface area contributed by atoms with E-state index in [9.17, 15) is 4.79 Å². The first-order valence-corrected chi connectivity index (χ1v) is 8.80. The zero-order valence-corrected chi connectivity index (χ0v) is 13.5. The van der Waals surface area contributed by atoms with E-state index in [0.717, 1.165) is 12.1 Å². The molecule has 0 radical (unpaired) electrons. The van der Waals surface area contributed by atoms with Gasteiger partial charge in [-0.3, -0.25) is 0 Å². The van der Waals surface area contributed by atoms with Crippen molar-refractivity contribution >= 4 is 29.1 Å². The number of thioether (sulfide) groups is 1. The highest BCUT2D eigenvalue weighted by Crippen LogP contribution is 2.31. The summed E-state index contributed by atoms with van der Waals surface area (Å²) in [5, 5.41) is 4.14. The smallest absolute Gasteiger partial charge is 0.338 e. The van der Waals surface area contributed by atoms with Crippen molar-refractivity contribution in [3.8, 4) is 0 Å². The van der Waals surface area contributed by atoms with Crippen LogP contribution in [0.15, 0.2) is 18.2 Å². The van der Waals surface area contributed by atoms with Crippen LogP contribution >= 0.6 is 11.8 Å². The number of carbonyl (C=O) groups is 1. The van der Waals surface area contributed by atoms with Crippen LogP contribution < -0.4 is 11.1 Å². The molecule has 0 bridgehead atoms. The summed E-state index contributed by atoms with van der Waals surface area (Å²) in [6.45, 7) is 2.18. The standard InChI is InChI=1S/C16H24N2O2S/c1-3-20-16(19)11-8-9-12(17)14(10-11)18-13-6-4-5-7-15(13)21-2/h8-10,13,15,18H,3-7,17H2,1-2H3. The lowest BCUT2D eigenvalue weighted by Crippen LogP contribution is -2.34. The van der Waals surface area contributed by atoms with Crippen LogP contribution in [0.5, 0.6) is 0 Å². The van der Waals surface area contributed by atoms with Gasteiger partial charge in [-0.25, -0.2) is 4.79 Å². The highest BCUT2D eigenvalue weighted by molar-refractivity contribution is 7.99. The Kier molecular flexibility index (Phi) is 5.79. The van der Waals surface area contributed by atoms with Crippen molar-refractivity contribution in [2.75, 3.05) is 23.9 Å². The molecule has 0 aliphatic heterocycles. The Morgan fingerprint density at radius 1 is 1.43 bits per heavy atom. The third-order valence-electron chi connectivity index (χ3n) is 3.91. The molecule has 1 aliphatic rings. The van der Waals surface area contributed by atoms with E-state index in [1.807, 2.05) is 11.8 Å². The predicted octanol–water partition coefficient (Wildman–Crippen LogP) is 3.53. The largest absolute Gasteiger partial charge is 0.462 e. The van der Waals surface area contributed by atoms with Gasteiger partial charge in [-0.05, 0) is 44.2 Å². The molecule has 5 heteroatoms. The average molecular weight is 308 g/mol. The molecule has 0 saturated heterocycles. The van der Waals surface area contributed by atoms with Gasteiger partial charge in [-0.15, -0.1) is 0 Å². The molecule has 1 aromatic rings. The van der Waals surface area contributed by atoms with E-state index < -0.39 is 0 Å². The Balaban J connectivity index is 2.14. The van der Waals surface area contributed by atoms with E-state index in [2.05, 4.69) is 11.6 Å². The molecule has 0 spiro atoms. The van der Waals surface area contributed by atoms with Crippen molar-refractivity contribution in [3.63, 3.8) is 0 Å². The first kappa shape index (κ1) is 16.0. The quantitative estimate of drug-likeness (QED) is 0.643. The van der Waals surface area contributed by atoms with Gasteiger partial charge in [-0.1, -0.05) is 12.8 Å². The number of nitrogen functional groups attached to an aromatic ring is 1. The molecule has 116 valence electrons. The van der Waals surface area contributed by atoms with E-state index in [1.54, 1.807) is 25.1 Å². The minimum absolute atomic E-state index is 0.300. The predicted molar refractivity (Wildman–Crippen MR) is 90.0 cm³/mol. The number of anilines is 2. The van der Waals surface area contributed by atoms with Crippen molar-refractivity contribution in [2.45, 2.75) is 43.9 Å². The molecule has 4 nitrogen and oxygen atoms in total.